The van der Waals surface area contributed by atoms with Crippen molar-refractivity contribution in [3.63, 3.8) is 0 Å². The van der Waals surface area contributed by atoms with Crippen molar-refractivity contribution in [3.05, 3.63) is 33.4 Å². The maximum Gasteiger partial charge on any atom is 0.313 e. The standard InChI is InChI=1S/C13H18N2O5.ClH/c1-7-5-6-8(10(16)9(7)15(18)19)11(14)13(2,3)12(17)20-4;/h5-6,11,16H,14H2,1-4H3;1H/t11-;/m1./s1. The van der Waals surface area contributed by atoms with Gasteiger partial charge in [-0.1, -0.05) is 12.1 Å². The lowest BCUT2D eigenvalue weighted by Gasteiger charge is -2.29. The van der Waals surface area contributed by atoms with Gasteiger partial charge < -0.3 is 15.6 Å². The number of hydrogen-bond donors (Lipinski definition) is 2. The molecule has 7 nitrogen and oxygen atoms in total. The van der Waals surface area contributed by atoms with E-state index >= 15 is 0 Å². The molecule has 21 heavy (non-hydrogen) atoms. The van der Waals surface area contributed by atoms with Crippen LogP contribution in [0, 0.1) is 22.5 Å². The largest absolute Gasteiger partial charge is 0.502 e. The number of esters is 1. The Bertz CT molecular complexity index is 560. The van der Waals surface area contributed by atoms with Gasteiger partial charge in [-0.15, -0.1) is 12.4 Å². The minimum Gasteiger partial charge on any atom is -0.502 e. The Labute approximate surface area is 128 Å². The van der Waals surface area contributed by atoms with E-state index in [0.29, 0.717) is 5.56 Å². The highest BCUT2D eigenvalue weighted by atomic mass is 35.5. The third-order valence-electron chi connectivity index (χ3n) is 3.39. The van der Waals surface area contributed by atoms with Crippen LogP contribution in [0.1, 0.15) is 31.0 Å². The Morgan fingerprint density at radius 2 is 2.00 bits per heavy atom. The van der Waals surface area contributed by atoms with Gasteiger partial charge in [0.05, 0.1) is 17.4 Å². The van der Waals surface area contributed by atoms with Crippen molar-refractivity contribution in [2.24, 2.45) is 11.1 Å². The third kappa shape index (κ3) is 3.43. The summed E-state index contributed by atoms with van der Waals surface area (Å²) in [5.74, 6) is -1.08. The van der Waals surface area contributed by atoms with E-state index in [1.807, 2.05) is 0 Å². The fourth-order valence-electron chi connectivity index (χ4n) is 1.96. The van der Waals surface area contributed by atoms with E-state index in [1.54, 1.807) is 13.8 Å². The Kier molecular flexibility index (Phi) is 6.13. The van der Waals surface area contributed by atoms with Gasteiger partial charge >= 0.3 is 11.7 Å². The van der Waals surface area contributed by atoms with Crippen LogP contribution in [-0.4, -0.2) is 23.1 Å². The first-order valence-corrected chi connectivity index (χ1v) is 5.95. The van der Waals surface area contributed by atoms with Crippen LogP contribution in [0.2, 0.25) is 0 Å². The lowest BCUT2D eigenvalue weighted by atomic mass is 9.80. The quantitative estimate of drug-likeness (QED) is 0.499. The van der Waals surface area contributed by atoms with Gasteiger partial charge in [0.2, 0.25) is 0 Å². The summed E-state index contributed by atoms with van der Waals surface area (Å²) >= 11 is 0. The van der Waals surface area contributed by atoms with Crippen molar-refractivity contribution in [2.75, 3.05) is 7.11 Å². The highest BCUT2D eigenvalue weighted by Crippen LogP contribution is 2.41. The van der Waals surface area contributed by atoms with Gasteiger partial charge in [0.15, 0.2) is 5.75 Å². The van der Waals surface area contributed by atoms with Gasteiger partial charge in [-0.3, -0.25) is 14.9 Å². The van der Waals surface area contributed by atoms with Gasteiger partial charge in [0.25, 0.3) is 0 Å². The zero-order chi connectivity index (χ0) is 15.7. The molecule has 0 spiro atoms. The van der Waals surface area contributed by atoms with Gasteiger partial charge in [-0.2, -0.15) is 0 Å². The molecule has 3 N–H and O–H groups in total. The van der Waals surface area contributed by atoms with Crippen molar-refractivity contribution >= 4 is 24.1 Å². The number of carbonyl (C=O) groups excluding carboxylic acids is 1. The summed E-state index contributed by atoms with van der Waals surface area (Å²) in [4.78, 5) is 22.0. The molecule has 0 amide bonds. The van der Waals surface area contributed by atoms with Crippen LogP contribution >= 0.6 is 12.4 Å². The zero-order valence-electron chi connectivity index (χ0n) is 12.2. The molecule has 0 fully saturated rings. The molecule has 118 valence electrons. The minimum atomic E-state index is -1.13. The Morgan fingerprint density at radius 1 is 1.48 bits per heavy atom. The van der Waals surface area contributed by atoms with Crippen molar-refractivity contribution in [2.45, 2.75) is 26.8 Å². The van der Waals surface area contributed by atoms with E-state index in [1.165, 1.54) is 26.2 Å². The highest BCUT2D eigenvalue weighted by molar-refractivity contribution is 5.85. The SMILES string of the molecule is COC(=O)C(C)(C)[C@H](N)c1ccc(C)c([N+](=O)[O-])c1O.Cl. The molecule has 0 aliphatic heterocycles. The number of rotatable bonds is 4. The molecule has 0 unspecified atom stereocenters. The lowest BCUT2D eigenvalue weighted by molar-refractivity contribution is -0.386. The molecule has 1 rings (SSSR count). The molecule has 1 aromatic rings. The molecule has 1 atom stereocenters. The van der Waals surface area contributed by atoms with Crippen LogP contribution in [0.5, 0.6) is 5.75 Å². The Hall–Kier alpha value is -1.86. The molecular formula is C13H19ClN2O5. The van der Waals surface area contributed by atoms with Crippen molar-refractivity contribution < 1.29 is 19.6 Å². The number of nitrogens with two attached hydrogens (primary N) is 1. The van der Waals surface area contributed by atoms with E-state index < -0.39 is 33.8 Å². The average molecular weight is 319 g/mol. The number of methoxy groups -OCH3 is 1. The summed E-state index contributed by atoms with van der Waals surface area (Å²) in [6.45, 7) is 4.61. The van der Waals surface area contributed by atoms with Crippen molar-refractivity contribution in [3.8, 4) is 5.75 Å². The number of benzene rings is 1. The number of aromatic hydroxyl groups is 1. The van der Waals surface area contributed by atoms with Crippen molar-refractivity contribution in [1.82, 2.24) is 0 Å². The number of nitrogens with zero attached hydrogens (tertiary/aromatic N) is 1. The monoisotopic (exact) mass is 318 g/mol. The second kappa shape index (κ2) is 6.73. The molecule has 0 bridgehead atoms. The summed E-state index contributed by atoms with van der Waals surface area (Å²) in [7, 11) is 1.23. The molecule has 0 radical (unpaired) electrons. The van der Waals surface area contributed by atoms with Crippen LogP contribution in [0.4, 0.5) is 5.69 Å². The number of nitro groups is 1. The fourth-order valence-corrected chi connectivity index (χ4v) is 1.96. The number of hydrogen-bond acceptors (Lipinski definition) is 6. The van der Waals surface area contributed by atoms with E-state index in [9.17, 15) is 20.0 Å². The smallest absolute Gasteiger partial charge is 0.313 e. The number of phenolic OH excluding ortho intramolecular Hbond substituents is 1. The number of aryl methyl sites for hydroxylation is 1. The molecule has 8 heteroatoms. The summed E-state index contributed by atoms with van der Waals surface area (Å²) in [6, 6.07) is 2.03. The predicted molar refractivity (Wildman–Crippen MR) is 79.5 cm³/mol. The van der Waals surface area contributed by atoms with E-state index in [4.69, 9.17) is 5.73 Å². The van der Waals surface area contributed by atoms with E-state index in [2.05, 4.69) is 4.74 Å². The average Bonchev–Trinajstić information content (AvgIpc) is 2.36. The molecule has 0 aliphatic carbocycles. The van der Waals surface area contributed by atoms with Gasteiger partial charge in [-0.25, -0.2) is 0 Å². The molecule has 1 aromatic carbocycles. The normalized spacial score (nSPS) is 12.2. The van der Waals surface area contributed by atoms with Crippen LogP contribution in [0.15, 0.2) is 12.1 Å². The van der Waals surface area contributed by atoms with Crippen LogP contribution in [0.3, 0.4) is 0 Å². The lowest BCUT2D eigenvalue weighted by Crippen LogP contribution is -2.37. The Balaban J connectivity index is 0.00000400. The first kappa shape index (κ1) is 19.1. The second-order valence-electron chi connectivity index (χ2n) is 5.12. The maximum absolute atomic E-state index is 11.7. The number of nitro benzene ring substituents is 1. The van der Waals surface area contributed by atoms with E-state index in [0.717, 1.165) is 0 Å². The molecule has 0 aliphatic rings. The molecular weight excluding hydrogens is 300 g/mol. The summed E-state index contributed by atoms with van der Waals surface area (Å²) in [6.07, 6.45) is 0. The molecule has 0 saturated carbocycles. The van der Waals surface area contributed by atoms with Gasteiger partial charge in [0.1, 0.15) is 0 Å². The number of halogens is 1. The van der Waals surface area contributed by atoms with Crippen LogP contribution in [-0.2, 0) is 9.53 Å². The molecule has 0 saturated heterocycles. The fraction of sp³-hybridized carbons (Fsp3) is 0.462. The van der Waals surface area contributed by atoms with Gasteiger partial charge in [0, 0.05) is 17.2 Å². The minimum absolute atomic E-state index is 0. The molecule has 0 aromatic heterocycles. The maximum atomic E-state index is 11.7. The third-order valence-corrected chi connectivity index (χ3v) is 3.39. The first-order valence-electron chi connectivity index (χ1n) is 5.95. The van der Waals surface area contributed by atoms with Crippen LogP contribution < -0.4 is 5.73 Å². The number of phenols is 1. The Morgan fingerprint density at radius 3 is 2.43 bits per heavy atom. The topological polar surface area (TPSA) is 116 Å². The molecule has 0 heterocycles. The first-order chi connectivity index (χ1) is 9.14. The predicted octanol–water partition coefficient (Wildman–Crippen LogP) is 2.23. The van der Waals surface area contributed by atoms with Gasteiger partial charge in [-0.05, 0) is 20.8 Å². The second-order valence-corrected chi connectivity index (χ2v) is 5.12. The summed E-state index contributed by atoms with van der Waals surface area (Å²) in [5.41, 5.74) is 4.91. The number of carbonyl (C=O) groups is 1. The summed E-state index contributed by atoms with van der Waals surface area (Å²) in [5, 5.41) is 21.0. The zero-order valence-corrected chi connectivity index (χ0v) is 13.1. The van der Waals surface area contributed by atoms with E-state index in [-0.39, 0.29) is 18.0 Å². The van der Waals surface area contributed by atoms with Crippen LogP contribution in [0.25, 0.3) is 0 Å². The van der Waals surface area contributed by atoms with Crippen molar-refractivity contribution in [1.29, 1.82) is 0 Å². The number of ether oxygens (including phenoxy) is 1. The highest BCUT2D eigenvalue weighted by Gasteiger charge is 2.39. The summed E-state index contributed by atoms with van der Waals surface area (Å²) < 4.78 is 4.66.